The Kier molecular flexibility index (Phi) is 4.93. The van der Waals surface area contributed by atoms with E-state index in [4.69, 9.17) is 16.7 Å². The molecule has 0 saturated carbocycles. The summed E-state index contributed by atoms with van der Waals surface area (Å²) in [6.45, 7) is 3.50. The number of rotatable bonds is 5. The van der Waals surface area contributed by atoms with E-state index < -0.39 is 0 Å². The van der Waals surface area contributed by atoms with Crippen molar-refractivity contribution in [2.45, 2.75) is 19.5 Å². The Morgan fingerprint density at radius 2 is 2.14 bits per heavy atom. The Bertz CT molecular complexity index is 665. The third-order valence-electron chi connectivity index (χ3n) is 3.94. The van der Waals surface area contributed by atoms with Crippen LogP contribution in [-0.2, 0) is 13.1 Å². The highest BCUT2D eigenvalue weighted by molar-refractivity contribution is 6.32. The molecule has 1 aromatic heterocycles. The van der Waals surface area contributed by atoms with Crippen molar-refractivity contribution in [3.8, 4) is 0 Å². The fourth-order valence-electron chi connectivity index (χ4n) is 2.78. The highest BCUT2D eigenvalue weighted by Gasteiger charge is 2.15. The summed E-state index contributed by atoms with van der Waals surface area (Å²) in [6, 6.07) is 8.02. The normalized spacial score (nSPS) is 15.8. The van der Waals surface area contributed by atoms with E-state index >= 15 is 0 Å². The van der Waals surface area contributed by atoms with Gasteiger partial charge in [-0.1, -0.05) is 35.9 Å². The fraction of sp³-hybridized carbons (Fsp3) is 0.353. The first-order valence-electron chi connectivity index (χ1n) is 7.54. The van der Waals surface area contributed by atoms with Crippen LogP contribution < -0.4 is 0 Å². The molecule has 0 bridgehead atoms. The van der Waals surface area contributed by atoms with Crippen molar-refractivity contribution in [2.75, 3.05) is 19.7 Å². The smallest absolute Gasteiger partial charge is 0.0950 e. The molecule has 0 radical (unpaired) electrons. The van der Waals surface area contributed by atoms with Crippen LogP contribution in [0.3, 0.4) is 0 Å². The number of imidazole rings is 1. The van der Waals surface area contributed by atoms with Gasteiger partial charge in [0.15, 0.2) is 0 Å². The maximum atomic E-state index is 8.93. The summed E-state index contributed by atoms with van der Waals surface area (Å²) in [7, 11) is 0. The molecule has 22 heavy (non-hydrogen) atoms. The lowest BCUT2D eigenvalue weighted by Gasteiger charge is -2.26. The van der Waals surface area contributed by atoms with Crippen LogP contribution in [0.1, 0.15) is 17.7 Å². The molecule has 0 saturated heterocycles. The number of nitrogens with zero attached hydrogens (tertiary/aromatic N) is 3. The zero-order valence-corrected chi connectivity index (χ0v) is 13.2. The average Bonchev–Trinajstić information content (AvgIpc) is 2.96. The van der Waals surface area contributed by atoms with Crippen LogP contribution in [0.4, 0.5) is 0 Å². The molecule has 1 aliphatic rings. The number of aliphatic hydroxyl groups excluding tert-OH is 1. The molecule has 3 rings (SSSR count). The minimum atomic E-state index is 0.142. The molecule has 116 valence electrons. The number of benzene rings is 1. The largest absolute Gasteiger partial charge is 0.395 e. The van der Waals surface area contributed by atoms with Gasteiger partial charge < -0.3 is 9.67 Å². The first kappa shape index (κ1) is 15.3. The van der Waals surface area contributed by atoms with Crippen molar-refractivity contribution in [1.29, 1.82) is 0 Å². The monoisotopic (exact) mass is 317 g/mol. The van der Waals surface area contributed by atoms with Crippen LogP contribution in [-0.4, -0.2) is 39.3 Å². The van der Waals surface area contributed by atoms with Crippen molar-refractivity contribution in [2.24, 2.45) is 0 Å². The molecule has 2 heterocycles. The molecule has 1 N–H and O–H groups in total. The summed E-state index contributed by atoms with van der Waals surface area (Å²) in [5.41, 5.74) is 3.52. The number of hydrogen-bond donors (Lipinski definition) is 1. The third-order valence-corrected chi connectivity index (χ3v) is 4.27. The van der Waals surface area contributed by atoms with Gasteiger partial charge in [0.05, 0.1) is 18.6 Å². The maximum absolute atomic E-state index is 8.93. The summed E-state index contributed by atoms with van der Waals surface area (Å²) >= 11 is 6.27. The molecule has 4 nitrogen and oxygen atoms in total. The molecule has 0 spiro atoms. The molecule has 0 atom stereocenters. The number of hydrogen-bond acceptors (Lipinski definition) is 3. The van der Waals surface area contributed by atoms with E-state index in [-0.39, 0.29) is 6.61 Å². The number of aliphatic hydroxyl groups is 1. The minimum Gasteiger partial charge on any atom is -0.395 e. The average molecular weight is 318 g/mol. The summed E-state index contributed by atoms with van der Waals surface area (Å²) < 4.78 is 1.92. The standard InChI is InChI=1S/C17H20ClN3O/c18-17-4-2-1-3-16(17)14-5-7-20(8-6-14)11-15-12-21(9-10-22)13-19-15/h1-5,12-13,22H,6-11H2. The summed E-state index contributed by atoms with van der Waals surface area (Å²) in [5.74, 6) is 0. The van der Waals surface area contributed by atoms with Crippen molar-refractivity contribution in [3.63, 3.8) is 0 Å². The molecule has 2 aromatic rings. The van der Waals surface area contributed by atoms with E-state index in [9.17, 15) is 0 Å². The predicted octanol–water partition coefficient (Wildman–Crippen LogP) is 2.82. The minimum absolute atomic E-state index is 0.142. The van der Waals surface area contributed by atoms with Crippen LogP contribution in [0.5, 0.6) is 0 Å². The van der Waals surface area contributed by atoms with Gasteiger partial charge in [-0.2, -0.15) is 0 Å². The van der Waals surface area contributed by atoms with Crippen LogP contribution in [0.25, 0.3) is 5.57 Å². The Labute approximate surface area is 135 Å². The van der Waals surface area contributed by atoms with Gasteiger partial charge in [-0.15, -0.1) is 0 Å². The summed E-state index contributed by atoms with van der Waals surface area (Å²) in [4.78, 5) is 6.76. The van der Waals surface area contributed by atoms with E-state index in [1.165, 1.54) is 5.57 Å². The molecule has 1 aliphatic heterocycles. The molecule has 0 amide bonds. The molecule has 0 unspecified atom stereocenters. The van der Waals surface area contributed by atoms with Gasteiger partial charge in [0.1, 0.15) is 0 Å². The summed E-state index contributed by atoms with van der Waals surface area (Å²) in [6.07, 6.45) is 7.04. The van der Waals surface area contributed by atoms with E-state index in [0.717, 1.165) is 42.3 Å². The first-order valence-corrected chi connectivity index (χ1v) is 7.92. The van der Waals surface area contributed by atoms with Gasteiger partial charge in [-0.3, -0.25) is 4.90 Å². The Morgan fingerprint density at radius 1 is 1.27 bits per heavy atom. The van der Waals surface area contributed by atoms with E-state index in [2.05, 4.69) is 22.0 Å². The maximum Gasteiger partial charge on any atom is 0.0950 e. The second-order valence-corrected chi connectivity index (χ2v) is 5.93. The lowest BCUT2D eigenvalue weighted by atomic mass is 9.99. The molecule has 1 aromatic carbocycles. The first-order chi connectivity index (χ1) is 10.8. The van der Waals surface area contributed by atoms with Crippen LogP contribution in [0.15, 0.2) is 42.9 Å². The van der Waals surface area contributed by atoms with Gasteiger partial charge in [-0.25, -0.2) is 4.98 Å². The summed E-state index contributed by atoms with van der Waals surface area (Å²) in [5, 5.41) is 9.76. The van der Waals surface area contributed by atoms with Crippen molar-refractivity contribution in [1.82, 2.24) is 14.5 Å². The van der Waals surface area contributed by atoms with Crippen molar-refractivity contribution >= 4 is 17.2 Å². The Hall–Kier alpha value is -1.62. The van der Waals surface area contributed by atoms with Gasteiger partial charge >= 0.3 is 0 Å². The van der Waals surface area contributed by atoms with E-state index in [1.54, 1.807) is 6.33 Å². The SMILES string of the molecule is OCCn1cnc(CN2CC=C(c3ccccc3Cl)CC2)c1. The molecule has 0 aliphatic carbocycles. The van der Waals surface area contributed by atoms with Gasteiger partial charge in [0.2, 0.25) is 0 Å². The Morgan fingerprint density at radius 3 is 2.86 bits per heavy atom. The topological polar surface area (TPSA) is 41.3 Å². The molecule has 5 heteroatoms. The van der Waals surface area contributed by atoms with Gasteiger partial charge in [0.25, 0.3) is 0 Å². The Balaban J connectivity index is 1.62. The molecular formula is C17H20ClN3O. The zero-order chi connectivity index (χ0) is 15.4. The fourth-order valence-corrected chi connectivity index (χ4v) is 3.03. The van der Waals surface area contributed by atoms with Crippen LogP contribution in [0.2, 0.25) is 5.02 Å². The zero-order valence-electron chi connectivity index (χ0n) is 12.5. The lowest BCUT2D eigenvalue weighted by Crippen LogP contribution is -2.28. The molecular weight excluding hydrogens is 298 g/mol. The predicted molar refractivity (Wildman–Crippen MR) is 88.6 cm³/mol. The second-order valence-electron chi connectivity index (χ2n) is 5.52. The van der Waals surface area contributed by atoms with Crippen LogP contribution in [0, 0.1) is 0 Å². The third kappa shape index (κ3) is 3.58. The van der Waals surface area contributed by atoms with Crippen molar-refractivity contribution in [3.05, 3.63) is 59.1 Å². The van der Waals surface area contributed by atoms with Crippen LogP contribution >= 0.6 is 11.6 Å². The second kappa shape index (κ2) is 7.09. The highest BCUT2D eigenvalue weighted by atomic mass is 35.5. The highest BCUT2D eigenvalue weighted by Crippen LogP contribution is 2.28. The van der Waals surface area contributed by atoms with Gasteiger partial charge in [-0.05, 0) is 23.6 Å². The number of aromatic nitrogens is 2. The van der Waals surface area contributed by atoms with Gasteiger partial charge in [0, 0.05) is 37.4 Å². The quantitative estimate of drug-likeness (QED) is 0.922. The lowest BCUT2D eigenvalue weighted by molar-refractivity contribution is 0.275. The number of halogens is 1. The van der Waals surface area contributed by atoms with E-state index in [1.807, 2.05) is 29.0 Å². The van der Waals surface area contributed by atoms with E-state index in [0.29, 0.717) is 6.54 Å². The van der Waals surface area contributed by atoms with Crippen molar-refractivity contribution < 1.29 is 5.11 Å². The molecule has 0 fully saturated rings.